The second kappa shape index (κ2) is 11.7. The van der Waals surface area contributed by atoms with Gasteiger partial charge in [0.2, 0.25) is 0 Å². The van der Waals surface area contributed by atoms with Crippen LogP contribution in [0.4, 0.5) is 0 Å². The maximum absolute atomic E-state index is 12.6. The molecule has 1 heterocycles. The predicted molar refractivity (Wildman–Crippen MR) is 139 cm³/mol. The number of amides is 1. The number of furan rings is 1. The number of carbonyl (C=O) groups is 2. The number of hydrogen-bond donors (Lipinski definition) is 1. The minimum atomic E-state index is -0.930. The molecule has 1 fully saturated rings. The van der Waals surface area contributed by atoms with Gasteiger partial charge in [0, 0.05) is 41.2 Å². The molecule has 1 aliphatic carbocycles. The number of aryl methyl sites for hydroxylation is 1. The fraction of sp³-hybridized carbons (Fsp3) is 0.379. The van der Waals surface area contributed by atoms with E-state index in [0.717, 1.165) is 35.5 Å². The van der Waals surface area contributed by atoms with Gasteiger partial charge in [-0.25, -0.2) is 0 Å². The SMILES string of the molecule is Cc1oc(-c2ccc(Cl)cc2)cc1C(Oc1ccc(C(=O)N(C)CCC(=O)O)cc1)C1CCCCC1. The maximum atomic E-state index is 12.6. The molecule has 0 aliphatic heterocycles. The Kier molecular flexibility index (Phi) is 8.36. The van der Waals surface area contributed by atoms with Crippen molar-refractivity contribution < 1.29 is 23.8 Å². The van der Waals surface area contributed by atoms with Gasteiger partial charge in [0.15, 0.2) is 0 Å². The molecule has 0 radical (unpaired) electrons. The van der Waals surface area contributed by atoms with Gasteiger partial charge in [-0.3, -0.25) is 9.59 Å². The zero-order chi connectivity index (χ0) is 25.7. The molecule has 1 aromatic heterocycles. The highest BCUT2D eigenvalue weighted by Crippen LogP contribution is 2.41. The van der Waals surface area contributed by atoms with E-state index in [1.165, 1.54) is 24.2 Å². The van der Waals surface area contributed by atoms with E-state index in [4.69, 9.17) is 25.9 Å². The molecule has 7 heteroatoms. The van der Waals surface area contributed by atoms with E-state index in [1.54, 1.807) is 19.2 Å². The standard InChI is InChI=1S/C29H32ClNO5/c1-19-25(18-26(35-19)20-8-12-23(30)13-9-20)28(21-6-4-3-5-7-21)36-24-14-10-22(11-15-24)29(34)31(2)17-16-27(32)33/h8-15,18,21,28H,3-7,16-17H2,1-2H3,(H,32,33). The molecule has 0 saturated heterocycles. The first-order valence-corrected chi connectivity index (χ1v) is 12.8. The smallest absolute Gasteiger partial charge is 0.305 e. The van der Waals surface area contributed by atoms with Crippen molar-refractivity contribution in [1.29, 1.82) is 0 Å². The summed E-state index contributed by atoms with van der Waals surface area (Å²) in [6.07, 6.45) is 5.55. The third kappa shape index (κ3) is 6.30. The first-order valence-electron chi connectivity index (χ1n) is 12.4. The van der Waals surface area contributed by atoms with Crippen molar-refractivity contribution in [3.8, 4) is 17.1 Å². The monoisotopic (exact) mass is 509 g/mol. The van der Waals surface area contributed by atoms with Gasteiger partial charge in [-0.2, -0.15) is 0 Å². The van der Waals surface area contributed by atoms with Crippen molar-refractivity contribution >= 4 is 23.5 Å². The quantitative estimate of drug-likeness (QED) is 0.331. The first-order chi connectivity index (χ1) is 17.3. The average Bonchev–Trinajstić information content (AvgIpc) is 3.27. The summed E-state index contributed by atoms with van der Waals surface area (Å²) < 4.78 is 12.7. The second-order valence-electron chi connectivity index (χ2n) is 9.46. The summed E-state index contributed by atoms with van der Waals surface area (Å²) >= 11 is 6.06. The number of nitrogens with zero attached hydrogens (tertiary/aromatic N) is 1. The number of carboxylic acid groups (broad SMARTS) is 1. The van der Waals surface area contributed by atoms with E-state index < -0.39 is 5.97 Å². The van der Waals surface area contributed by atoms with Gasteiger partial charge < -0.3 is 19.2 Å². The Balaban J connectivity index is 1.55. The summed E-state index contributed by atoms with van der Waals surface area (Å²) in [7, 11) is 1.61. The average molecular weight is 510 g/mol. The Morgan fingerprint density at radius 2 is 1.75 bits per heavy atom. The molecule has 1 saturated carbocycles. The number of hydrogen-bond acceptors (Lipinski definition) is 4. The molecule has 2 aromatic carbocycles. The van der Waals surface area contributed by atoms with Crippen molar-refractivity contribution in [2.75, 3.05) is 13.6 Å². The topological polar surface area (TPSA) is 80.0 Å². The van der Waals surface area contributed by atoms with Crippen molar-refractivity contribution in [3.05, 3.63) is 76.5 Å². The molecule has 0 bridgehead atoms. The van der Waals surface area contributed by atoms with Crippen LogP contribution in [0, 0.1) is 12.8 Å². The first kappa shape index (κ1) is 25.8. The zero-order valence-electron chi connectivity index (χ0n) is 20.7. The van der Waals surface area contributed by atoms with E-state index >= 15 is 0 Å². The number of halogens is 1. The van der Waals surface area contributed by atoms with Crippen LogP contribution in [0.25, 0.3) is 11.3 Å². The molecule has 190 valence electrons. The summed E-state index contributed by atoms with van der Waals surface area (Å²) in [4.78, 5) is 24.9. The lowest BCUT2D eigenvalue weighted by molar-refractivity contribution is -0.137. The normalized spacial score (nSPS) is 14.9. The molecular weight excluding hydrogens is 478 g/mol. The minimum absolute atomic E-state index is 0.0887. The van der Waals surface area contributed by atoms with Gasteiger partial charge in [-0.1, -0.05) is 30.9 Å². The fourth-order valence-electron chi connectivity index (χ4n) is 4.79. The lowest BCUT2D eigenvalue weighted by atomic mass is 9.82. The number of aliphatic carboxylic acids is 1. The highest BCUT2D eigenvalue weighted by molar-refractivity contribution is 6.30. The summed E-state index contributed by atoms with van der Waals surface area (Å²) in [5, 5.41) is 9.55. The Morgan fingerprint density at radius 3 is 2.39 bits per heavy atom. The lowest BCUT2D eigenvalue weighted by Crippen LogP contribution is -2.29. The molecule has 1 N–H and O–H groups in total. The van der Waals surface area contributed by atoms with Gasteiger partial charge in [0.1, 0.15) is 23.4 Å². The fourth-order valence-corrected chi connectivity index (χ4v) is 4.92. The largest absolute Gasteiger partial charge is 0.485 e. The van der Waals surface area contributed by atoms with Gasteiger partial charge in [-0.05, 0) is 74.4 Å². The van der Waals surface area contributed by atoms with Crippen LogP contribution in [-0.2, 0) is 4.79 Å². The molecule has 1 aliphatic rings. The number of carbonyl (C=O) groups excluding carboxylic acids is 1. The van der Waals surface area contributed by atoms with Crippen molar-refractivity contribution in [1.82, 2.24) is 4.90 Å². The van der Waals surface area contributed by atoms with Crippen LogP contribution in [0.15, 0.2) is 59.0 Å². The van der Waals surface area contributed by atoms with Crippen LogP contribution in [0.1, 0.15) is 66.3 Å². The van der Waals surface area contributed by atoms with E-state index in [9.17, 15) is 9.59 Å². The number of benzene rings is 2. The molecule has 1 amide bonds. The Hall–Kier alpha value is -3.25. The molecular formula is C29H32ClNO5. The van der Waals surface area contributed by atoms with Gasteiger partial charge in [0.25, 0.3) is 5.91 Å². The van der Waals surface area contributed by atoms with Crippen LogP contribution >= 0.6 is 11.6 Å². The summed E-state index contributed by atoms with van der Waals surface area (Å²) in [5.41, 5.74) is 2.50. The second-order valence-corrected chi connectivity index (χ2v) is 9.90. The lowest BCUT2D eigenvalue weighted by Gasteiger charge is -2.30. The minimum Gasteiger partial charge on any atom is -0.485 e. The number of ether oxygens (including phenoxy) is 1. The van der Waals surface area contributed by atoms with Crippen molar-refractivity contribution in [2.45, 2.75) is 51.6 Å². The molecule has 1 unspecified atom stereocenters. The predicted octanol–water partition coefficient (Wildman–Crippen LogP) is 7.16. The summed E-state index contributed by atoms with van der Waals surface area (Å²) in [5.74, 6) is 1.53. The van der Waals surface area contributed by atoms with Crippen LogP contribution in [0.5, 0.6) is 5.75 Å². The molecule has 0 spiro atoms. The van der Waals surface area contributed by atoms with Crippen LogP contribution < -0.4 is 4.74 Å². The van der Waals surface area contributed by atoms with Crippen LogP contribution in [0.3, 0.4) is 0 Å². The Morgan fingerprint density at radius 1 is 1.08 bits per heavy atom. The van der Waals surface area contributed by atoms with E-state index in [2.05, 4.69) is 6.07 Å². The molecule has 36 heavy (non-hydrogen) atoms. The van der Waals surface area contributed by atoms with Crippen LogP contribution in [-0.4, -0.2) is 35.5 Å². The highest BCUT2D eigenvalue weighted by atomic mass is 35.5. The van der Waals surface area contributed by atoms with E-state index in [-0.39, 0.29) is 25.0 Å². The summed E-state index contributed by atoms with van der Waals surface area (Å²) in [6, 6.07) is 16.8. The van der Waals surface area contributed by atoms with Gasteiger partial charge >= 0.3 is 5.97 Å². The van der Waals surface area contributed by atoms with Crippen LogP contribution in [0.2, 0.25) is 5.02 Å². The number of rotatable bonds is 9. The molecule has 4 rings (SSSR count). The van der Waals surface area contributed by atoms with Gasteiger partial charge in [-0.15, -0.1) is 0 Å². The maximum Gasteiger partial charge on any atom is 0.305 e. The molecule has 1 atom stereocenters. The van der Waals surface area contributed by atoms with Gasteiger partial charge in [0.05, 0.1) is 6.42 Å². The number of carboxylic acids is 1. The third-order valence-electron chi connectivity index (χ3n) is 6.84. The third-order valence-corrected chi connectivity index (χ3v) is 7.09. The highest BCUT2D eigenvalue weighted by Gasteiger charge is 2.30. The van der Waals surface area contributed by atoms with Crippen molar-refractivity contribution in [3.63, 3.8) is 0 Å². The molecule has 6 nitrogen and oxygen atoms in total. The Labute approximate surface area is 216 Å². The van der Waals surface area contributed by atoms with E-state index in [1.807, 2.05) is 43.3 Å². The summed E-state index contributed by atoms with van der Waals surface area (Å²) in [6.45, 7) is 2.13. The zero-order valence-corrected chi connectivity index (χ0v) is 21.5. The van der Waals surface area contributed by atoms with E-state index in [0.29, 0.717) is 22.3 Å². The van der Waals surface area contributed by atoms with Crippen molar-refractivity contribution in [2.24, 2.45) is 5.92 Å². The Bertz CT molecular complexity index is 1180. The molecule has 3 aromatic rings.